The van der Waals surface area contributed by atoms with E-state index in [1.54, 1.807) is 6.07 Å². The number of carbonyl (C=O) groups is 1. The number of hydrogen-bond donors (Lipinski definition) is 2. The molecule has 0 aliphatic rings. The summed E-state index contributed by atoms with van der Waals surface area (Å²) in [6, 6.07) is 15.2. The molecule has 0 bridgehead atoms. The molecule has 0 spiro atoms. The summed E-state index contributed by atoms with van der Waals surface area (Å²) in [5.41, 5.74) is 1.97. The molecule has 2 rings (SSSR count). The average Bonchev–Trinajstić information content (AvgIpc) is 2.58. The van der Waals surface area contributed by atoms with Gasteiger partial charge in [0.25, 0.3) is 0 Å². The minimum absolute atomic E-state index is 0.190. The molecule has 2 aromatic rings. The lowest BCUT2D eigenvalue weighted by Gasteiger charge is -2.19. The van der Waals surface area contributed by atoms with E-state index in [1.165, 1.54) is 0 Å². The number of alkyl carbamates (subject to hydrolysis) is 1. The first kappa shape index (κ1) is 19.4. The third-order valence-electron chi connectivity index (χ3n) is 3.54. The standard InChI is InChI=1S/C22H25NO3/c1-22(2,3)23-21(25)26-16-8-13-18-11-7-12-19(20(18)24)15-14-17-9-5-4-6-10-17/h4-7,9-12,24H,8,13,16H2,1-3H3,(H,23,25). The number of ether oxygens (including phenoxy) is 1. The molecule has 4 heteroatoms. The van der Waals surface area contributed by atoms with Crippen LogP contribution in [0.25, 0.3) is 0 Å². The number of carbonyl (C=O) groups excluding carboxylic acids is 1. The van der Waals surface area contributed by atoms with Gasteiger partial charge in [0, 0.05) is 11.1 Å². The van der Waals surface area contributed by atoms with E-state index < -0.39 is 6.09 Å². The van der Waals surface area contributed by atoms with E-state index in [1.807, 2.05) is 63.2 Å². The Morgan fingerprint density at radius 3 is 2.50 bits per heavy atom. The fourth-order valence-corrected chi connectivity index (χ4v) is 2.32. The first-order valence-corrected chi connectivity index (χ1v) is 8.68. The summed E-state index contributed by atoms with van der Waals surface area (Å²) < 4.78 is 5.16. The van der Waals surface area contributed by atoms with Crippen molar-refractivity contribution in [3.8, 4) is 17.6 Å². The van der Waals surface area contributed by atoms with Gasteiger partial charge in [0.05, 0.1) is 12.2 Å². The maximum absolute atomic E-state index is 11.6. The SMILES string of the molecule is CC(C)(C)NC(=O)OCCCc1cccc(C#Cc2ccccc2)c1O. The van der Waals surface area contributed by atoms with Crippen LogP contribution in [-0.2, 0) is 11.2 Å². The predicted molar refractivity (Wildman–Crippen MR) is 103 cm³/mol. The summed E-state index contributed by atoms with van der Waals surface area (Å²) in [5.74, 6) is 6.24. The number of phenols is 1. The van der Waals surface area contributed by atoms with Gasteiger partial charge in [0.15, 0.2) is 0 Å². The van der Waals surface area contributed by atoms with Crippen LogP contribution in [0.5, 0.6) is 5.75 Å². The van der Waals surface area contributed by atoms with Crippen molar-refractivity contribution in [2.45, 2.75) is 39.2 Å². The van der Waals surface area contributed by atoms with Crippen LogP contribution in [-0.4, -0.2) is 23.3 Å². The van der Waals surface area contributed by atoms with Crippen molar-refractivity contribution in [1.29, 1.82) is 0 Å². The third kappa shape index (κ3) is 6.52. The summed E-state index contributed by atoms with van der Waals surface area (Å²) in [6.07, 6.45) is 0.806. The van der Waals surface area contributed by atoms with Gasteiger partial charge in [0.1, 0.15) is 5.75 Å². The van der Waals surface area contributed by atoms with Crippen molar-refractivity contribution < 1.29 is 14.6 Å². The first-order valence-electron chi connectivity index (χ1n) is 8.68. The maximum atomic E-state index is 11.6. The highest BCUT2D eigenvalue weighted by atomic mass is 16.5. The Morgan fingerprint density at radius 1 is 1.08 bits per heavy atom. The van der Waals surface area contributed by atoms with Gasteiger partial charge in [-0.25, -0.2) is 4.79 Å². The minimum Gasteiger partial charge on any atom is -0.506 e. The van der Waals surface area contributed by atoms with Crippen LogP contribution in [0.3, 0.4) is 0 Å². The van der Waals surface area contributed by atoms with E-state index in [9.17, 15) is 9.90 Å². The smallest absolute Gasteiger partial charge is 0.407 e. The number of benzene rings is 2. The Balaban J connectivity index is 1.91. The van der Waals surface area contributed by atoms with E-state index in [2.05, 4.69) is 17.2 Å². The van der Waals surface area contributed by atoms with Crippen LogP contribution in [0, 0.1) is 11.8 Å². The number of para-hydroxylation sites is 1. The zero-order valence-electron chi connectivity index (χ0n) is 15.5. The Bertz CT molecular complexity index is 796. The minimum atomic E-state index is -0.427. The van der Waals surface area contributed by atoms with Gasteiger partial charge in [-0.3, -0.25) is 0 Å². The number of rotatable bonds is 4. The maximum Gasteiger partial charge on any atom is 0.407 e. The van der Waals surface area contributed by atoms with E-state index in [0.29, 0.717) is 25.0 Å². The number of phenolic OH excluding ortho intramolecular Hbond substituents is 1. The van der Waals surface area contributed by atoms with E-state index in [4.69, 9.17) is 4.74 Å². The van der Waals surface area contributed by atoms with Gasteiger partial charge in [-0.15, -0.1) is 0 Å². The van der Waals surface area contributed by atoms with Crippen LogP contribution < -0.4 is 5.32 Å². The molecule has 136 valence electrons. The van der Waals surface area contributed by atoms with E-state index >= 15 is 0 Å². The highest BCUT2D eigenvalue weighted by Crippen LogP contribution is 2.23. The Hall–Kier alpha value is -2.93. The van der Waals surface area contributed by atoms with Crippen molar-refractivity contribution in [2.75, 3.05) is 6.61 Å². The predicted octanol–water partition coefficient (Wildman–Crippen LogP) is 4.25. The number of aromatic hydroxyl groups is 1. The van der Waals surface area contributed by atoms with Crippen molar-refractivity contribution in [3.63, 3.8) is 0 Å². The Labute approximate surface area is 155 Å². The topological polar surface area (TPSA) is 58.6 Å². The molecule has 0 radical (unpaired) electrons. The van der Waals surface area contributed by atoms with Gasteiger partial charge < -0.3 is 15.2 Å². The summed E-state index contributed by atoms with van der Waals surface area (Å²) in [7, 11) is 0. The summed E-state index contributed by atoms with van der Waals surface area (Å²) >= 11 is 0. The van der Waals surface area contributed by atoms with Crippen LogP contribution in [0.4, 0.5) is 4.79 Å². The van der Waals surface area contributed by atoms with Crippen LogP contribution in [0.2, 0.25) is 0 Å². The van der Waals surface area contributed by atoms with Gasteiger partial charge in [-0.1, -0.05) is 42.2 Å². The first-order chi connectivity index (χ1) is 12.3. The molecule has 0 saturated carbocycles. The largest absolute Gasteiger partial charge is 0.506 e. The van der Waals surface area contributed by atoms with Crippen LogP contribution in [0.1, 0.15) is 43.9 Å². The zero-order valence-corrected chi connectivity index (χ0v) is 15.5. The van der Waals surface area contributed by atoms with Crippen molar-refractivity contribution in [3.05, 3.63) is 65.2 Å². The molecule has 26 heavy (non-hydrogen) atoms. The zero-order chi connectivity index (χ0) is 19.0. The third-order valence-corrected chi connectivity index (χ3v) is 3.54. The van der Waals surface area contributed by atoms with Crippen LogP contribution in [0.15, 0.2) is 48.5 Å². The van der Waals surface area contributed by atoms with E-state index in [0.717, 1.165) is 11.1 Å². The summed E-state index contributed by atoms with van der Waals surface area (Å²) in [4.78, 5) is 11.6. The molecule has 4 nitrogen and oxygen atoms in total. The molecular weight excluding hydrogens is 326 g/mol. The van der Waals surface area contributed by atoms with Gasteiger partial charge in [-0.2, -0.15) is 0 Å². The molecule has 2 aromatic carbocycles. The average molecular weight is 351 g/mol. The summed E-state index contributed by atoms with van der Waals surface area (Å²) in [5, 5.41) is 13.1. The molecular formula is C22H25NO3. The lowest BCUT2D eigenvalue weighted by molar-refractivity contribution is 0.136. The normalized spacial score (nSPS) is 10.6. The second-order valence-electron chi connectivity index (χ2n) is 7.04. The molecule has 0 unspecified atom stereocenters. The fourth-order valence-electron chi connectivity index (χ4n) is 2.32. The molecule has 2 N–H and O–H groups in total. The summed E-state index contributed by atoms with van der Waals surface area (Å²) in [6.45, 7) is 5.98. The van der Waals surface area contributed by atoms with Crippen molar-refractivity contribution in [1.82, 2.24) is 5.32 Å². The van der Waals surface area contributed by atoms with Crippen molar-refractivity contribution in [2.24, 2.45) is 0 Å². The monoisotopic (exact) mass is 351 g/mol. The van der Waals surface area contributed by atoms with E-state index in [-0.39, 0.29) is 11.3 Å². The molecule has 0 atom stereocenters. The molecule has 0 aliphatic heterocycles. The Morgan fingerprint density at radius 2 is 1.81 bits per heavy atom. The number of amides is 1. The lowest BCUT2D eigenvalue weighted by Crippen LogP contribution is -2.41. The lowest BCUT2D eigenvalue weighted by atomic mass is 10.0. The molecule has 0 saturated heterocycles. The second kappa shape index (κ2) is 8.96. The highest BCUT2D eigenvalue weighted by molar-refractivity contribution is 5.68. The molecule has 0 heterocycles. The number of hydrogen-bond acceptors (Lipinski definition) is 3. The van der Waals surface area contributed by atoms with Crippen LogP contribution >= 0.6 is 0 Å². The van der Waals surface area contributed by atoms with Gasteiger partial charge >= 0.3 is 6.09 Å². The van der Waals surface area contributed by atoms with Crippen molar-refractivity contribution >= 4 is 6.09 Å². The van der Waals surface area contributed by atoms with Gasteiger partial charge in [0.2, 0.25) is 0 Å². The molecule has 0 aromatic heterocycles. The second-order valence-corrected chi connectivity index (χ2v) is 7.04. The molecule has 0 fully saturated rings. The van der Waals surface area contributed by atoms with Gasteiger partial charge in [-0.05, 0) is 57.4 Å². The fraction of sp³-hybridized carbons (Fsp3) is 0.318. The Kier molecular flexibility index (Phi) is 6.68. The molecule has 0 aliphatic carbocycles. The molecule has 1 amide bonds. The highest BCUT2D eigenvalue weighted by Gasteiger charge is 2.14. The quantitative estimate of drug-likeness (QED) is 0.639. The number of nitrogens with one attached hydrogen (secondary N) is 1. The number of aryl methyl sites for hydroxylation is 1.